The van der Waals surface area contributed by atoms with Gasteiger partial charge in [0.15, 0.2) is 0 Å². The van der Waals surface area contributed by atoms with Crippen molar-refractivity contribution in [2.75, 3.05) is 13.1 Å². The molecule has 1 aromatic carbocycles. The molecule has 1 aromatic rings. The molecule has 1 aliphatic carbocycles. The summed E-state index contributed by atoms with van der Waals surface area (Å²) in [6, 6.07) is 3.97. The van der Waals surface area contributed by atoms with Crippen LogP contribution >= 0.6 is 11.6 Å². The fourth-order valence-electron chi connectivity index (χ4n) is 2.74. The highest BCUT2D eigenvalue weighted by atomic mass is 35.5. The van der Waals surface area contributed by atoms with Gasteiger partial charge in [0.1, 0.15) is 11.4 Å². The predicted molar refractivity (Wildman–Crippen MR) is 81.3 cm³/mol. The average molecular weight is 282 g/mol. The number of benzene rings is 1. The van der Waals surface area contributed by atoms with Crippen LogP contribution in [0.2, 0.25) is 5.02 Å². The molecule has 0 amide bonds. The van der Waals surface area contributed by atoms with E-state index in [1.165, 1.54) is 19.3 Å². The third-order valence-corrected chi connectivity index (χ3v) is 4.23. The van der Waals surface area contributed by atoms with E-state index in [1.54, 1.807) is 0 Å². The summed E-state index contributed by atoms with van der Waals surface area (Å²) in [4.78, 5) is 0. The summed E-state index contributed by atoms with van der Waals surface area (Å²) < 4.78 is 6.40. The normalized spacial score (nSPS) is 17.1. The summed E-state index contributed by atoms with van der Waals surface area (Å²) in [5, 5.41) is 4.18. The quantitative estimate of drug-likeness (QED) is 0.787. The van der Waals surface area contributed by atoms with Gasteiger partial charge < -0.3 is 10.1 Å². The van der Waals surface area contributed by atoms with Crippen LogP contribution in [0.25, 0.3) is 0 Å². The van der Waals surface area contributed by atoms with Crippen molar-refractivity contribution in [3.63, 3.8) is 0 Å². The third-order valence-electron chi connectivity index (χ3n) is 4.02. The SMILES string of the molecule is CCNCCC1(Oc2c(C)cc(Cl)cc2C)CCC1. The van der Waals surface area contributed by atoms with Crippen LogP contribution < -0.4 is 10.1 Å². The summed E-state index contributed by atoms with van der Waals surface area (Å²) in [5.74, 6) is 1.03. The van der Waals surface area contributed by atoms with E-state index in [4.69, 9.17) is 16.3 Å². The number of rotatable bonds is 6. The van der Waals surface area contributed by atoms with Crippen LogP contribution in [0.3, 0.4) is 0 Å². The molecule has 1 saturated carbocycles. The first-order valence-corrected chi connectivity index (χ1v) is 7.60. The van der Waals surface area contributed by atoms with Crippen molar-refractivity contribution >= 4 is 11.6 Å². The Kier molecular flexibility index (Phi) is 4.75. The minimum absolute atomic E-state index is 0.0471. The molecule has 3 heteroatoms. The average Bonchev–Trinajstić information content (AvgIpc) is 2.29. The number of hydrogen-bond donors (Lipinski definition) is 1. The van der Waals surface area contributed by atoms with E-state index in [-0.39, 0.29) is 5.60 Å². The van der Waals surface area contributed by atoms with Crippen molar-refractivity contribution in [2.45, 2.75) is 52.1 Å². The lowest BCUT2D eigenvalue weighted by atomic mass is 9.77. The molecule has 0 aliphatic heterocycles. The smallest absolute Gasteiger partial charge is 0.126 e. The molecular weight excluding hydrogens is 258 g/mol. The van der Waals surface area contributed by atoms with E-state index in [9.17, 15) is 0 Å². The van der Waals surface area contributed by atoms with Crippen LogP contribution in [0.4, 0.5) is 0 Å². The Labute approximate surface area is 121 Å². The number of halogens is 1. The van der Waals surface area contributed by atoms with Crippen molar-refractivity contribution in [1.29, 1.82) is 0 Å². The van der Waals surface area contributed by atoms with Crippen molar-refractivity contribution in [3.8, 4) is 5.75 Å². The van der Waals surface area contributed by atoms with Gasteiger partial charge in [0.2, 0.25) is 0 Å². The maximum atomic E-state index is 6.40. The maximum absolute atomic E-state index is 6.40. The first-order valence-electron chi connectivity index (χ1n) is 7.23. The van der Waals surface area contributed by atoms with E-state index < -0.39 is 0 Å². The first kappa shape index (κ1) is 14.7. The molecule has 0 unspecified atom stereocenters. The largest absolute Gasteiger partial charge is 0.487 e. The molecule has 0 heterocycles. The van der Waals surface area contributed by atoms with E-state index in [1.807, 2.05) is 12.1 Å². The van der Waals surface area contributed by atoms with Crippen LogP contribution in [0.1, 0.15) is 43.7 Å². The van der Waals surface area contributed by atoms with Gasteiger partial charge in [0, 0.05) is 5.02 Å². The Balaban J connectivity index is 2.10. The highest BCUT2D eigenvalue weighted by molar-refractivity contribution is 6.30. The summed E-state index contributed by atoms with van der Waals surface area (Å²) >= 11 is 6.08. The minimum Gasteiger partial charge on any atom is -0.487 e. The van der Waals surface area contributed by atoms with Gasteiger partial charge in [-0.2, -0.15) is 0 Å². The number of aryl methyl sites for hydroxylation is 2. The molecule has 0 bridgehead atoms. The van der Waals surface area contributed by atoms with Crippen molar-refractivity contribution in [1.82, 2.24) is 5.32 Å². The van der Waals surface area contributed by atoms with Crippen LogP contribution in [0, 0.1) is 13.8 Å². The summed E-state index contributed by atoms with van der Waals surface area (Å²) in [6.07, 6.45) is 4.69. The Morgan fingerprint density at radius 2 is 1.89 bits per heavy atom. The van der Waals surface area contributed by atoms with Gasteiger partial charge in [-0.15, -0.1) is 0 Å². The molecule has 1 N–H and O–H groups in total. The highest BCUT2D eigenvalue weighted by Crippen LogP contribution is 2.41. The molecule has 1 aliphatic rings. The molecule has 0 radical (unpaired) electrons. The number of nitrogens with one attached hydrogen (secondary N) is 1. The van der Waals surface area contributed by atoms with Gasteiger partial charge in [-0.25, -0.2) is 0 Å². The zero-order valence-corrected chi connectivity index (χ0v) is 12.9. The van der Waals surface area contributed by atoms with Crippen LogP contribution in [-0.4, -0.2) is 18.7 Å². The molecular formula is C16H24ClNO. The Morgan fingerprint density at radius 1 is 1.26 bits per heavy atom. The second kappa shape index (κ2) is 6.15. The van der Waals surface area contributed by atoms with E-state index >= 15 is 0 Å². The summed E-state index contributed by atoms with van der Waals surface area (Å²) in [7, 11) is 0. The molecule has 0 aromatic heterocycles. The Hall–Kier alpha value is -0.730. The molecule has 19 heavy (non-hydrogen) atoms. The molecule has 106 valence electrons. The fourth-order valence-corrected chi connectivity index (χ4v) is 3.07. The number of ether oxygens (including phenoxy) is 1. The van der Waals surface area contributed by atoms with E-state index in [2.05, 4.69) is 26.1 Å². The molecule has 2 nitrogen and oxygen atoms in total. The Morgan fingerprint density at radius 3 is 2.37 bits per heavy atom. The lowest BCUT2D eigenvalue weighted by Gasteiger charge is -2.43. The van der Waals surface area contributed by atoms with Crippen LogP contribution in [-0.2, 0) is 0 Å². The molecule has 0 atom stereocenters. The van der Waals surface area contributed by atoms with Gasteiger partial charge in [0.05, 0.1) is 0 Å². The minimum atomic E-state index is 0.0471. The second-order valence-corrected chi connectivity index (χ2v) is 6.05. The fraction of sp³-hybridized carbons (Fsp3) is 0.625. The maximum Gasteiger partial charge on any atom is 0.126 e. The highest BCUT2D eigenvalue weighted by Gasteiger charge is 2.39. The van der Waals surface area contributed by atoms with Gasteiger partial charge in [-0.3, -0.25) is 0 Å². The number of hydrogen-bond acceptors (Lipinski definition) is 2. The zero-order valence-electron chi connectivity index (χ0n) is 12.2. The molecule has 0 spiro atoms. The third kappa shape index (κ3) is 3.43. The lowest BCUT2D eigenvalue weighted by Crippen LogP contribution is -2.45. The monoisotopic (exact) mass is 281 g/mol. The van der Waals surface area contributed by atoms with Gasteiger partial charge in [-0.05, 0) is 75.9 Å². The topological polar surface area (TPSA) is 21.3 Å². The van der Waals surface area contributed by atoms with Crippen LogP contribution in [0.5, 0.6) is 5.75 Å². The lowest BCUT2D eigenvalue weighted by molar-refractivity contribution is -0.0152. The predicted octanol–water partition coefficient (Wildman–Crippen LogP) is 4.26. The molecule has 0 saturated heterocycles. The van der Waals surface area contributed by atoms with Gasteiger partial charge in [-0.1, -0.05) is 18.5 Å². The second-order valence-electron chi connectivity index (χ2n) is 5.61. The van der Waals surface area contributed by atoms with E-state index in [0.717, 1.165) is 41.4 Å². The van der Waals surface area contributed by atoms with Crippen molar-refractivity contribution in [3.05, 3.63) is 28.3 Å². The van der Waals surface area contributed by atoms with Gasteiger partial charge in [0.25, 0.3) is 0 Å². The Bertz CT molecular complexity index is 417. The van der Waals surface area contributed by atoms with E-state index in [0.29, 0.717) is 0 Å². The standard InChI is InChI=1S/C16H24ClNO/c1-4-18-9-8-16(6-5-7-16)19-15-12(2)10-14(17)11-13(15)3/h10-11,18H,4-9H2,1-3H3. The molecule has 2 rings (SSSR count). The van der Waals surface area contributed by atoms with Crippen molar-refractivity contribution in [2.24, 2.45) is 0 Å². The molecule has 1 fully saturated rings. The first-order chi connectivity index (χ1) is 9.06. The van der Waals surface area contributed by atoms with Gasteiger partial charge >= 0.3 is 0 Å². The van der Waals surface area contributed by atoms with Crippen LogP contribution in [0.15, 0.2) is 12.1 Å². The summed E-state index contributed by atoms with van der Waals surface area (Å²) in [5.41, 5.74) is 2.32. The zero-order chi connectivity index (χ0) is 13.9. The van der Waals surface area contributed by atoms with Crippen molar-refractivity contribution < 1.29 is 4.74 Å². The summed E-state index contributed by atoms with van der Waals surface area (Å²) in [6.45, 7) is 8.34.